The van der Waals surface area contributed by atoms with Crippen LogP contribution in [0.3, 0.4) is 0 Å². The van der Waals surface area contributed by atoms with Gasteiger partial charge in [0.2, 0.25) is 0 Å². The summed E-state index contributed by atoms with van der Waals surface area (Å²) in [6.45, 7) is 2.10. The third kappa shape index (κ3) is 2.82. The average molecular weight is 281 g/mol. The fourth-order valence-corrected chi connectivity index (χ4v) is 2.54. The summed E-state index contributed by atoms with van der Waals surface area (Å²) in [6.07, 6.45) is -4.55. The van der Waals surface area contributed by atoms with Crippen molar-refractivity contribution in [3.8, 4) is 0 Å². The van der Waals surface area contributed by atoms with Gasteiger partial charge in [-0.15, -0.1) is 11.3 Å². The summed E-state index contributed by atoms with van der Waals surface area (Å²) in [6, 6.07) is 3.16. The topological polar surface area (TPSA) is 38.8 Å². The maximum absolute atomic E-state index is 12.1. The smallest absolute Gasteiger partial charge is 0.334 e. The van der Waals surface area contributed by atoms with Crippen LogP contribution in [0.2, 0.25) is 0 Å². The second-order valence-electron chi connectivity index (χ2n) is 3.75. The second-order valence-corrected chi connectivity index (χ2v) is 5.07. The van der Waals surface area contributed by atoms with Gasteiger partial charge in [-0.1, -0.05) is 0 Å². The molecule has 0 N–H and O–H groups in total. The van der Waals surface area contributed by atoms with Crippen molar-refractivity contribution in [2.75, 3.05) is 6.61 Å². The first-order valence-electron chi connectivity index (χ1n) is 5.15. The molecule has 0 saturated carbocycles. The molecule has 1 unspecified atom stereocenters. The summed E-state index contributed by atoms with van der Waals surface area (Å²) < 4.78 is 36.2. The highest BCUT2D eigenvalue weighted by Crippen LogP contribution is 2.35. The van der Waals surface area contributed by atoms with Crippen molar-refractivity contribution in [2.24, 2.45) is 0 Å². The molecular weight excluding hydrogens is 271 g/mol. The number of hydroxylamine groups is 2. The van der Waals surface area contributed by atoms with Gasteiger partial charge in [0.05, 0.1) is 6.61 Å². The van der Waals surface area contributed by atoms with Gasteiger partial charge in [0.15, 0.2) is 0 Å². The van der Waals surface area contributed by atoms with Crippen LogP contribution in [0.5, 0.6) is 0 Å². The molecule has 0 aliphatic carbocycles. The lowest BCUT2D eigenvalue weighted by Crippen LogP contribution is -2.33. The Morgan fingerprint density at radius 2 is 2.28 bits per heavy atom. The van der Waals surface area contributed by atoms with Crippen molar-refractivity contribution in [2.45, 2.75) is 25.6 Å². The molecule has 0 aromatic carbocycles. The Hall–Kier alpha value is -1.12. The maximum Gasteiger partial charge on any atom is 0.492 e. The van der Waals surface area contributed by atoms with Gasteiger partial charge in [-0.3, -0.25) is 4.84 Å². The average Bonchev–Trinajstić information content (AvgIpc) is 2.85. The Morgan fingerprint density at radius 3 is 2.83 bits per heavy atom. The van der Waals surface area contributed by atoms with Crippen LogP contribution in [0.1, 0.15) is 22.2 Å². The van der Waals surface area contributed by atoms with Crippen LogP contribution in [0.25, 0.3) is 0 Å². The van der Waals surface area contributed by atoms with Gasteiger partial charge in [-0.2, -0.15) is 13.2 Å². The molecule has 8 heteroatoms. The van der Waals surface area contributed by atoms with Gasteiger partial charge in [-0.25, -0.2) is 4.79 Å². The molecule has 0 bridgehead atoms. The number of aryl methyl sites for hydroxylation is 1. The Bertz CT molecular complexity index is 446. The van der Waals surface area contributed by atoms with Crippen LogP contribution >= 0.6 is 11.3 Å². The maximum atomic E-state index is 12.1. The van der Waals surface area contributed by atoms with Crippen LogP contribution in [0, 0.1) is 6.92 Å². The van der Waals surface area contributed by atoms with Gasteiger partial charge in [-0.05, 0) is 30.7 Å². The molecule has 4 nitrogen and oxygen atoms in total. The van der Waals surface area contributed by atoms with Gasteiger partial charge >= 0.3 is 12.1 Å². The molecule has 18 heavy (non-hydrogen) atoms. The van der Waals surface area contributed by atoms with Crippen LogP contribution in [0.4, 0.5) is 13.2 Å². The minimum absolute atomic E-state index is 0.215. The molecule has 2 rings (SSSR count). The monoisotopic (exact) mass is 281 g/mol. The van der Waals surface area contributed by atoms with Crippen molar-refractivity contribution >= 4 is 17.3 Å². The third-order valence-electron chi connectivity index (χ3n) is 2.36. The standard InChI is InChI=1S/C10H10F3NO3S/c1-6-2-3-8(18-6)7-4-5-16-14(7)17-9(15)10(11,12)13/h2-3,7H,4-5H2,1H3. The fourth-order valence-electron chi connectivity index (χ4n) is 1.55. The normalized spacial score (nSPS) is 21.2. The van der Waals surface area contributed by atoms with Crippen molar-refractivity contribution in [1.82, 2.24) is 5.23 Å². The Balaban J connectivity index is 2.07. The fraction of sp³-hybridized carbons (Fsp3) is 0.500. The Labute approximate surface area is 105 Å². The molecule has 100 valence electrons. The highest BCUT2D eigenvalue weighted by atomic mass is 32.1. The zero-order valence-corrected chi connectivity index (χ0v) is 10.2. The second kappa shape index (κ2) is 4.87. The van der Waals surface area contributed by atoms with E-state index in [1.54, 1.807) is 6.07 Å². The first kappa shape index (κ1) is 13.3. The van der Waals surface area contributed by atoms with E-state index < -0.39 is 18.2 Å². The summed E-state index contributed by atoms with van der Waals surface area (Å²) in [5, 5.41) is 0.640. The van der Waals surface area contributed by atoms with Crippen molar-refractivity contribution in [3.05, 3.63) is 21.9 Å². The van der Waals surface area contributed by atoms with Gasteiger partial charge in [0.1, 0.15) is 6.04 Å². The highest BCUT2D eigenvalue weighted by molar-refractivity contribution is 7.12. The van der Waals surface area contributed by atoms with E-state index in [9.17, 15) is 18.0 Å². The summed E-state index contributed by atoms with van der Waals surface area (Å²) >= 11 is 1.43. The van der Waals surface area contributed by atoms with Gasteiger partial charge in [0, 0.05) is 9.75 Å². The van der Waals surface area contributed by atoms with Crippen LogP contribution < -0.4 is 0 Å². The van der Waals surface area contributed by atoms with E-state index in [4.69, 9.17) is 4.84 Å². The summed E-state index contributed by atoms with van der Waals surface area (Å²) in [7, 11) is 0. The molecule has 1 atom stereocenters. The number of thiophene rings is 1. The predicted molar refractivity (Wildman–Crippen MR) is 56.4 cm³/mol. The molecule has 1 saturated heterocycles. The predicted octanol–water partition coefficient (Wildman–Crippen LogP) is 2.76. The molecule has 0 amide bonds. The molecule has 1 aliphatic rings. The number of hydrogen-bond donors (Lipinski definition) is 0. The minimum atomic E-state index is -5.03. The number of carbonyl (C=O) groups excluding carboxylic acids is 1. The van der Waals surface area contributed by atoms with Crippen molar-refractivity contribution in [1.29, 1.82) is 0 Å². The quantitative estimate of drug-likeness (QED) is 0.835. The first-order chi connectivity index (χ1) is 8.38. The van der Waals surface area contributed by atoms with E-state index in [1.165, 1.54) is 11.3 Å². The third-order valence-corrected chi connectivity index (χ3v) is 3.46. The molecule has 2 heterocycles. The van der Waals surface area contributed by atoms with Crippen LogP contribution in [-0.2, 0) is 14.5 Å². The number of alkyl halides is 3. The summed E-state index contributed by atoms with van der Waals surface area (Å²) in [4.78, 5) is 21.7. The lowest BCUT2D eigenvalue weighted by molar-refractivity contribution is -0.350. The summed E-state index contributed by atoms with van der Waals surface area (Å²) in [5.74, 6) is -2.28. The van der Waals surface area contributed by atoms with E-state index in [1.807, 2.05) is 13.0 Å². The largest absolute Gasteiger partial charge is 0.492 e. The van der Waals surface area contributed by atoms with E-state index in [0.717, 1.165) is 9.75 Å². The van der Waals surface area contributed by atoms with Gasteiger partial charge < -0.3 is 4.84 Å². The molecule has 1 fully saturated rings. The molecule has 1 aromatic rings. The number of nitrogens with zero attached hydrogens (tertiary/aromatic N) is 1. The first-order valence-corrected chi connectivity index (χ1v) is 5.97. The highest BCUT2D eigenvalue weighted by Gasteiger charge is 2.45. The summed E-state index contributed by atoms with van der Waals surface area (Å²) in [5.41, 5.74) is 0. The molecule has 0 spiro atoms. The van der Waals surface area contributed by atoms with E-state index in [0.29, 0.717) is 11.6 Å². The van der Waals surface area contributed by atoms with E-state index in [2.05, 4.69) is 4.84 Å². The lowest BCUT2D eigenvalue weighted by Gasteiger charge is -2.20. The Morgan fingerprint density at radius 1 is 1.56 bits per heavy atom. The lowest BCUT2D eigenvalue weighted by atomic mass is 10.2. The number of rotatable bonds is 2. The molecule has 1 aliphatic heterocycles. The number of carbonyl (C=O) groups is 1. The zero-order chi connectivity index (χ0) is 13.3. The zero-order valence-electron chi connectivity index (χ0n) is 9.36. The Kier molecular flexibility index (Phi) is 3.60. The van der Waals surface area contributed by atoms with Gasteiger partial charge in [0.25, 0.3) is 0 Å². The number of hydrogen-bond acceptors (Lipinski definition) is 5. The SMILES string of the molecule is Cc1ccc(C2CCON2OC(=O)C(F)(F)F)s1. The molecule has 0 radical (unpaired) electrons. The molecule has 1 aromatic heterocycles. The van der Waals surface area contributed by atoms with E-state index in [-0.39, 0.29) is 6.61 Å². The van der Waals surface area contributed by atoms with Crippen molar-refractivity contribution < 1.29 is 27.6 Å². The van der Waals surface area contributed by atoms with Crippen LogP contribution in [-0.4, -0.2) is 24.0 Å². The number of halogens is 3. The minimum Gasteiger partial charge on any atom is -0.334 e. The van der Waals surface area contributed by atoms with Crippen molar-refractivity contribution in [3.63, 3.8) is 0 Å². The molecular formula is C10H10F3NO3S. The van der Waals surface area contributed by atoms with E-state index >= 15 is 0 Å². The van der Waals surface area contributed by atoms with Crippen LogP contribution in [0.15, 0.2) is 12.1 Å².